The van der Waals surface area contributed by atoms with Gasteiger partial charge in [-0.2, -0.15) is 0 Å². The van der Waals surface area contributed by atoms with Crippen LogP contribution >= 0.6 is 0 Å². The number of carboxylic acids is 1. The van der Waals surface area contributed by atoms with Gasteiger partial charge >= 0.3 is 5.97 Å². The fraction of sp³-hybridized carbons (Fsp3) is 0.533. The Bertz CT molecular complexity index is 481. The van der Waals surface area contributed by atoms with Crippen LogP contribution in [-0.2, 0) is 0 Å². The summed E-state index contributed by atoms with van der Waals surface area (Å²) in [5, 5.41) is 8.96. The van der Waals surface area contributed by atoms with E-state index >= 15 is 0 Å². The second-order valence-corrected chi connectivity index (χ2v) is 5.37. The summed E-state index contributed by atoms with van der Waals surface area (Å²) < 4.78 is 11.0. The molecular weight excluding hydrogens is 258 g/mol. The van der Waals surface area contributed by atoms with Crippen LogP contribution in [-0.4, -0.2) is 31.3 Å². The van der Waals surface area contributed by atoms with Crippen molar-refractivity contribution in [3.63, 3.8) is 0 Å². The summed E-state index contributed by atoms with van der Waals surface area (Å²) in [4.78, 5) is 10.9. The maximum Gasteiger partial charge on any atom is 0.335 e. The van der Waals surface area contributed by atoms with Gasteiger partial charge < -0.3 is 20.3 Å². The fourth-order valence-electron chi connectivity index (χ4n) is 2.68. The average molecular weight is 279 g/mol. The maximum absolute atomic E-state index is 10.9. The summed E-state index contributed by atoms with van der Waals surface area (Å²) in [7, 11) is 1.50. The summed E-state index contributed by atoms with van der Waals surface area (Å²) in [6.07, 6.45) is 4.54. The number of nitrogens with two attached hydrogens (primary N) is 1. The summed E-state index contributed by atoms with van der Waals surface area (Å²) in [5.74, 6) is 0.0244. The molecule has 1 aliphatic carbocycles. The molecule has 1 aliphatic rings. The Morgan fingerprint density at radius 1 is 1.35 bits per heavy atom. The minimum absolute atomic E-state index is 0.0521. The standard InChI is InChI=1S/C15H21NO4/c1-19-13-8-11(14(17)18)4-5-12(13)20-10-15(9-16)6-2-3-7-15/h4-5,8H,2-3,6-7,9-10,16H2,1H3,(H,17,18). The van der Waals surface area contributed by atoms with Gasteiger partial charge in [0.1, 0.15) is 0 Å². The van der Waals surface area contributed by atoms with Crippen LogP contribution in [0.2, 0.25) is 0 Å². The molecule has 1 fully saturated rings. The molecule has 0 amide bonds. The number of methoxy groups -OCH3 is 1. The molecule has 0 spiro atoms. The van der Waals surface area contributed by atoms with Crippen molar-refractivity contribution in [2.75, 3.05) is 20.3 Å². The number of carbonyl (C=O) groups is 1. The molecule has 0 unspecified atom stereocenters. The van der Waals surface area contributed by atoms with Gasteiger partial charge in [-0.15, -0.1) is 0 Å². The SMILES string of the molecule is COc1cc(C(=O)O)ccc1OCC1(CN)CCCC1. The number of hydrogen-bond acceptors (Lipinski definition) is 4. The normalized spacial score (nSPS) is 16.9. The molecule has 20 heavy (non-hydrogen) atoms. The molecule has 2 rings (SSSR count). The Kier molecular flexibility index (Phi) is 4.49. The van der Waals surface area contributed by atoms with E-state index in [1.165, 1.54) is 32.1 Å². The molecular formula is C15H21NO4. The largest absolute Gasteiger partial charge is 0.493 e. The summed E-state index contributed by atoms with van der Waals surface area (Å²) in [6.45, 7) is 1.16. The molecule has 110 valence electrons. The van der Waals surface area contributed by atoms with Gasteiger partial charge in [-0.25, -0.2) is 4.79 Å². The highest BCUT2D eigenvalue weighted by molar-refractivity contribution is 5.88. The summed E-state index contributed by atoms with van der Waals surface area (Å²) >= 11 is 0. The van der Waals surface area contributed by atoms with Crippen molar-refractivity contribution in [3.8, 4) is 11.5 Å². The molecule has 0 aliphatic heterocycles. The fourth-order valence-corrected chi connectivity index (χ4v) is 2.68. The number of ether oxygens (including phenoxy) is 2. The van der Waals surface area contributed by atoms with Crippen LogP contribution in [0, 0.1) is 5.41 Å². The van der Waals surface area contributed by atoms with Gasteiger partial charge in [-0.1, -0.05) is 12.8 Å². The highest BCUT2D eigenvalue weighted by atomic mass is 16.5. The van der Waals surface area contributed by atoms with E-state index in [9.17, 15) is 4.79 Å². The lowest BCUT2D eigenvalue weighted by Gasteiger charge is -2.27. The van der Waals surface area contributed by atoms with Gasteiger partial charge in [-0.3, -0.25) is 0 Å². The first-order valence-corrected chi connectivity index (χ1v) is 6.84. The zero-order chi connectivity index (χ0) is 14.6. The van der Waals surface area contributed by atoms with Crippen molar-refractivity contribution in [1.29, 1.82) is 0 Å². The Morgan fingerprint density at radius 3 is 2.60 bits per heavy atom. The number of hydrogen-bond donors (Lipinski definition) is 2. The van der Waals surface area contributed by atoms with Crippen molar-refractivity contribution in [2.45, 2.75) is 25.7 Å². The van der Waals surface area contributed by atoms with Gasteiger partial charge in [0.2, 0.25) is 0 Å². The molecule has 0 radical (unpaired) electrons. The molecule has 0 saturated heterocycles. The quantitative estimate of drug-likeness (QED) is 0.835. The zero-order valence-electron chi connectivity index (χ0n) is 11.7. The monoisotopic (exact) mass is 279 g/mol. The van der Waals surface area contributed by atoms with E-state index in [1.54, 1.807) is 6.07 Å². The van der Waals surface area contributed by atoms with E-state index < -0.39 is 5.97 Å². The van der Waals surface area contributed by atoms with Crippen LogP contribution in [0.25, 0.3) is 0 Å². The van der Waals surface area contributed by atoms with Crippen molar-refractivity contribution in [3.05, 3.63) is 23.8 Å². The van der Waals surface area contributed by atoms with Crippen molar-refractivity contribution in [2.24, 2.45) is 11.1 Å². The molecule has 5 nitrogen and oxygen atoms in total. The Labute approximate surface area is 118 Å². The highest BCUT2D eigenvalue weighted by Gasteiger charge is 2.33. The van der Waals surface area contributed by atoms with Crippen LogP contribution in [0.1, 0.15) is 36.0 Å². The predicted molar refractivity (Wildman–Crippen MR) is 75.4 cm³/mol. The molecule has 1 aromatic carbocycles. The molecule has 3 N–H and O–H groups in total. The maximum atomic E-state index is 10.9. The Balaban J connectivity index is 2.11. The van der Waals surface area contributed by atoms with E-state index in [2.05, 4.69) is 0 Å². The second kappa shape index (κ2) is 6.13. The molecule has 0 atom stereocenters. The molecule has 5 heteroatoms. The number of aromatic carboxylic acids is 1. The first-order chi connectivity index (χ1) is 9.60. The highest BCUT2D eigenvalue weighted by Crippen LogP contribution is 2.38. The van der Waals surface area contributed by atoms with Crippen molar-refractivity contribution in [1.82, 2.24) is 0 Å². The minimum atomic E-state index is -0.982. The lowest BCUT2D eigenvalue weighted by molar-refractivity contribution is 0.0696. The van der Waals surface area contributed by atoms with E-state index in [4.69, 9.17) is 20.3 Å². The van der Waals surface area contributed by atoms with Crippen LogP contribution in [0.4, 0.5) is 0 Å². The number of carboxylic acid groups (broad SMARTS) is 1. The molecule has 0 heterocycles. The van der Waals surface area contributed by atoms with Crippen LogP contribution in [0.15, 0.2) is 18.2 Å². The predicted octanol–water partition coefficient (Wildman–Crippen LogP) is 2.29. The number of benzene rings is 1. The number of rotatable bonds is 6. The van der Waals surface area contributed by atoms with Crippen molar-refractivity contribution < 1.29 is 19.4 Å². The third kappa shape index (κ3) is 3.04. The lowest BCUT2D eigenvalue weighted by Crippen LogP contribution is -2.33. The van der Waals surface area contributed by atoms with E-state index in [0.717, 1.165) is 12.8 Å². The van der Waals surface area contributed by atoms with Gasteiger partial charge in [0.25, 0.3) is 0 Å². The first kappa shape index (κ1) is 14.7. The van der Waals surface area contributed by atoms with E-state index in [-0.39, 0.29) is 11.0 Å². The Hall–Kier alpha value is -1.75. The van der Waals surface area contributed by atoms with Crippen LogP contribution in [0.3, 0.4) is 0 Å². The Morgan fingerprint density at radius 2 is 2.05 bits per heavy atom. The minimum Gasteiger partial charge on any atom is -0.493 e. The molecule has 1 saturated carbocycles. The molecule has 0 bridgehead atoms. The smallest absolute Gasteiger partial charge is 0.335 e. The zero-order valence-corrected chi connectivity index (χ0v) is 11.7. The third-order valence-electron chi connectivity index (χ3n) is 4.04. The first-order valence-electron chi connectivity index (χ1n) is 6.84. The third-order valence-corrected chi connectivity index (χ3v) is 4.04. The van der Waals surface area contributed by atoms with Crippen molar-refractivity contribution >= 4 is 5.97 Å². The van der Waals surface area contributed by atoms with Gasteiger partial charge in [0.15, 0.2) is 11.5 Å². The lowest BCUT2D eigenvalue weighted by atomic mass is 9.87. The van der Waals surface area contributed by atoms with E-state index in [1.807, 2.05) is 0 Å². The van der Waals surface area contributed by atoms with E-state index in [0.29, 0.717) is 24.7 Å². The van der Waals surface area contributed by atoms with Gasteiger partial charge in [-0.05, 0) is 31.0 Å². The second-order valence-electron chi connectivity index (χ2n) is 5.37. The average Bonchev–Trinajstić information content (AvgIpc) is 2.94. The van der Waals surface area contributed by atoms with Gasteiger partial charge in [0.05, 0.1) is 19.3 Å². The summed E-state index contributed by atoms with van der Waals surface area (Å²) in [5.41, 5.74) is 6.11. The van der Waals surface area contributed by atoms with Crippen LogP contribution in [0.5, 0.6) is 11.5 Å². The summed E-state index contributed by atoms with van der Waals surface area (Å²) in [6, 6.07) is 4.63. The van der Waals surface area contributed by atoms with Crippen LogP contribution < -0.4 is 15.2 Å². The molecule has 1 aromatic rings. The van der Waals surface area contributed by atoms with Gasteiger partial charge in [0, 0.05) is 12.0 Å². The molecule has 0 aromatic heterocycles. The topological polar surface area (TPSA) is 81.8 Å².